The number of anilines is 1. The zero-order chi connectivity index (χ0) is 21.3. The second-order valence-electron chi connectivity index (χ2n) is 6.53. The molecule has 0 saturated heterocycles. The molecule has 3 aromatic carbocycles. The van der Waals surface area contributed by atoms with Gasteiger partial charge in [-0.3, -0.25) is 4.79 Å². The van der Waals surface area contributed by atoms with Gasteiger partial charge in [0.15, 0.2) is 0 Å². The first kappa shape index (κ1) is 20.4. The van der Waals surface area contributed by atoms with Crippen LogP contribution in [0.25, 0.3) is 10.8 Å². The molecule has 0 aliphatic heterocycles. The number of hydrogen-bond acceptors (Lipinski definition) is 4. The van der Waals surface area contributed by atoms with Gasteiger partial charge >= 0.3 is 16.7 Å². The van der Waals surface area contributed by atoms with E-state index in [0.29, 0.717) is 30.2 Å². The van der Waals surface area contributed by atoms with Crippen molar-refractivity contribution in [1.82, 2.24) is 0 Å². The summed E-state index contributed by atoms with van der Waals surface area (Å²) in [6.07, 6.45) is 0. The van der Waals surface area contributed by atoms with Crippen molar-refractivity contribution in [1.29, 1.82) is 0 Å². The Balaban J connectivity index is 1.69. The normalized spacial score (nSPS) is 11.9. The molecule has 0 spiro atoms. The van der Waals surface area contributed by atoms with Gasteiger partial charge in [-0.2, -0.15) is 4.21 Å². The van der Waals surface area contributed by atoms with Gasteiger partial charge in [-0.15, -0.1) is 11.3 Å². The van der Waals surface area contributed by atoms with Crippen LogP contribution < -0.4 is 5.32 Å². The van der Waals surface area contributed by atoms with Gasteiger partial charge in [0.1, 0.15) is 14.7 Å². The molecule has 1 amide bonds. The van der Waals surface area contributed by atoms with Crippen LogP contribution in [0.15, 0.2) is 77.0 Å². The number of para-hydroxylation sites is 1. The molecule has 0 radical (unpaired) electrons. The number of nitrogens with zero attached hydrogens (tertiary/aromatic N) is 1. The Morgan fingerprint density at radius 3 is 2.63 bits per heavy atom. The third-order valence-electron chi connectivity index (χ3n) is 4.56. The number of benzene rings is 3. The van der Waals surface area contributed by atoms with Crippen LogP contribution in [-0.4, -0.2) is 14.3 Å². The minimum atomic E-state index is -2.03. The number of hydrogen-bond donors (Lipinski definition) is 1. The Morgan fingerprint density at radius 2 is 1.87 bits per heavy atom. The van der Waals surface area contributed by atoms with Crippen molar-refractivity contribution in [3.63, 3.8) is 0 Å². The topological polar surface area (TPSA) is 66.2 Å². The number of amides is 1. The van der Waals surface area contributed by atoms with Crippen LogP contribution in [0.3, 0.4) is 0 Å². The largest absolute Gasteiger partial charge is 0.369 e. The molecule has 0 bridgehead atoms. The van der Waals surface area contributed by atoms with Gasteiger partial charge < -0.3 is 5.32 Å². The van der Waals surface area contributed by atoms with E-state index in [1.54, 1.807) is 73.0 Å². The average Bonchev–Trinajstić information content (AvgIpc) is 3.28. The summed E-state index contributed by atoms with van der Waals surface area (Å²) in [4.78, 5) is 26.4. The molecule has 1 unspecified atom stereocenters. The first-order chi connectivity index (χ1) is 14.5. The summed E-state index contributed by atoms with van der Waals surface area (Å²) in [5.41, 5.74) is 1.07. The van der Waals surface area contributed by atoms with E-state index in [1.807, 2.05) is 6.07 Å². The fourth-order valence-corrected chi connectivity index (χ4v) is 4.98. The highest BCUT2D eigenvalue weighted by atomic mass is 35.5. The SMILES string of the molecule is Cc1cccc(NC(=O)c2cccs2)c1[N+](=O)S(=O)c1ccc2c(Cl)cccc2c1. The predicted molar refractivity (Wildman–Crippen MR) is 122 cm³/mol. The molecule has 0 aliphatic carbocycles. The fourth-order valence-electron chi connectivity index (χ4n) is 3.10. The molecule has 1 aromatic heterocycles. The van der Waals surface area contributed by atoms with Crippen LogP contribution in [-0.2, 0) is 11.0 Å². The summed E-state index contributed by atoms with van der Waals surface area (Å²) in [5.74, 6) is -0.323. The van der Waals surface area contributed by atoms with E-state index < -0.39 is 11.0 Å². The molecular formula is C22H16ClN2O3S2+. The fraction of sp³-hybridized carbons (Fsp3) is 0.0455. The summed E-state index contributed by atoms with van der Waals surface area (Å²) in [7, 11) is -2.03. The predicted octanol–water partition coefficient (Wildman–Crippen LogP) is 6.25. The third kappa shape index (κ3) is 3.92. The molecule has 4 aromatic rings. The van der Waals surface area contributed by atoms with Crippen molar-refractivity contribution < 1.29 is 13.2 Å². The van der Waals surface area contributed by atoms with E-state index >= 15 is 0 Å². The number of nitroso groups, excluding NO2 is 1. The zero-order valence-corrected chi connectivity index (χ0v) is 18.2. The van der Waals surface area contributed by atoms with Gasteiger partial charge in [0.25, 0.3) is 5.91 Å². The Kier molecular flexibility index (Phi) is 5.76. The number of carbonyl (C=O) groups excluding carboxylic acids is 1. The Morgan fingerprint density at radius 1 is 1.07 bits per heavy atom. The van der Waals surface area contributed by atoms with E-state index in [1.165, 1.54) is 11.3 Å². The molecule has 1 N–H and O–H groups in total. The van der Waals surface area contributed by atoms with Crippen LogP contribution in [0.2, 0.25) is 5.02 Å². The molecular weight excluding hydrogens is 440 g/mol. The number of rotatable bonds is 5. The summed E-state index contributed by atoms with van der Waals surface area (Å²) in [6, 6.07) is 19.0. The maximum absolute atomic E-state index is 13.1. The lowest BCUT2D eigenvalue weighted by atomic mass is 10.1. The maximum Gasteiger partial charge on any atom is 0.369 e. The molecule has 30 heavy (non-hydrogen) atoms. The summed E-state index contributed by atoms with van der Waals surface area (Å²) in [5, 5.41) is 6.75. The van der Waals surface area contributed by atoms with E-state index in [2.05, 4.69) is 5.32 Å². The molecule has 8 heteroatoms. The molecule has 0 fully saturated rings. The molecule has 0 saturated carbocycles. The van der Waals surface area contributed by atoms with E-state index in [4.69, 9.17) is 11.6 Å². The Bertz CT molecular complexity index is 1300. The molecule has 150 valence electrons. The van der Waals surface area contributed by atoms with Crippen molar-refractivity contribution in [3.8, 4) is 0 Å². The van der Waals surface area contributed by atoms with Gasteiger partial charge in [-0.25, -0.2) is 0 Å². The van der Waals surface area contributed by atoms with Crippen molar-refractivity contribution in [2.75, 3.05) is 5.32 Å². The lowest BCUT2D eigenvalue weighted by Crippen LogP contribution is -2.15. The van der Waals surface area contributed by atoms with Crippen LogP contribution in [0, 0.1) is 11.8 Å². The number of carbonyl (C=O) groups is 1. The summed E-state index contributed by atoms with van der Waals surface area (Å²) in [6.45, 7) is 1.73. The monoisotopic (exact) mass is 455 g/mol. The molecule has 5 nitrogen and oxygen atoms in total. The summed E-state index contributed by atoms with van der Waals surface area (Å²) >= 11 is 7.49. The van der Waals surface area contributed by atoms with Gasteiger partial charge in [-0.05, 0) is 48.0 Å². The minimum absolute atomic E-state index is 0.159. The highest BCUT2D eigenvalue weighted by Gasteiger charge is 2.32. The van der Waals surface area contributed by atoms with Gasteiger partial charge in [-0.1, -0.05) is 48.0 Å². The first-order valence-electron chi connectivity index (χ1n) is 8.97. The van der Waals surface area contributed by atoms with Crippen molar-refractivity contribution in [2.45, 2.75) is 11.8 Å². The highest BCUT2D eigenvalue weighted by Crippen LogP contribution is 2.32. The lowest BCUT2D eigenvalue weighted by Gasteiger charge is -2.07. The number of thiophene rings is 1. The van der Waals surface area contributed by atoms with Crippen molar-refractivity contribution >= 4 is 62.0 Å². The molecule has 4 rings (SSSR count). The Hall–Kier alpha value is -2.87. The smallest absolute Gasteiger partial charge is 0.316 e. The summed E-state index contributed by atoms with van der Waals surface area (Å²) < 4.78 is 13.5. The van der Waals surface area contributed by atoms with E-state index in [0.717, 1.165) is 10.8 Å². The van der Waals surface area contributed by atoms with Crippen LogP contribution >= 0.6 is 22.9 Å². The van der Waals surface area contributed by atoms with Crippen molar-refractivity contribution in [3.05, 3.63) is 92.5 Å². The highest BCUT2D eigenvalue weighted by molar-refractivity contribution is 7.79. The molecule has 1 atom stereocenters. The van der Waals surface area contributed by atoms with Crippen LogP contribution in [0.1, 0.15) is 15.2 Å². The van der Waals surface area contributed by atoms with Crippen LogP contribution in [0.5, 0.6) is 0 Å². The first-order valence-corrected chi connectivity index (χ1v) is 11.3. The van der Waals surface area contributed by atoms with Gasteiger partial charge in [0.05, 0.1) is 4.88 Å². The Labute approximate surface area is 184 Å². The standard InChI is InChI=1S/C22H15ClN2O3S2/c1-14-5-2-8-19(24-22(26)20-9-4-12-29-20)21(14)25(27)30(28)16-10-11-17-15(13-16)6-3-7-18(17)23/h2-13H,1H3/p+1. The maximum atomic E-state index is 13.1. The van der Waals surface area contributed by atoms with Gasteiger partial charge in [0, 0.05) is 20.9 Å². The zero-order valence-electron chi connectivity index (χ0n) is 15.8. The van der Waals surface area contributed by atoms with Crippen LogP contribution in [0.4, 0.5) is 11.4 Å². The van der Waals surface area contributed by atoms with Gasteiger partial charge in [0.2, 0.25) is 0 Å². The molecule has 0 aliphatic rings. The number of aryl methyl sites for hydroxylation is 1. The third-order valence-corrected chi connectivity index (χ3v) is 6.90. The van der Waals surface area contributed by atoms with E-state index in [-0.39, 0.29) is 11.6 Å². The number of halogens is 1. The quantitative estimate of drug-likeness (QED) is 0.362. The second-order valence-corrected chi connectivity index (χ2v) is 9.19. The number of fused-ring (bicyclic) bond motifs is 1. The second kappa shape index (κ2) is 8.47. The lowest BCUT2D eigenvalue weighted by molar-refractivity contribution is -0.276. The van der Waals surface area contributed by atoms with E-state index in [9.17, 15) is 13.9 Å². The minimum Gasteiger partial charge on any atom is -0.316 e. The van der Waals surface area contributed by atoms with Crippen molar-refractivity contribution in [2.24, 2.45) is 0 Å². The average molecular weight is 456 g/mol. The number of nitrogens with one attached hydrogen (secondary N) is 1. The molecule has 1 heterocycles.